The molecule has 2 heterocycles. The van der Waals surface area contributed by atoms with E-state index in [0.717, 1.165) is 15.4 Å². The Morgan fingerprint density at radius 2 is 1.65 bits per heavy atom. The van der Waals surface area contributed by atoms with Crippen molar-refractivity contribution in [2.45, 2.75) is 12.5 Å². The van der Waals surface area contributed by atoms with Crippen LogP contribution < -0.4 is 19.8 Å². The van der Waals surface area contributed by atoms with Crippen molar-refractivity contribution in [2.24, 2.45) is 5.10 Å². The summed E-state index contributed by atoms with van der Waals surface area (Å²) in [5, 5.41) is 18.5. The van der Waals surface area contributed by atoms with E-state index in [1.165, 1.54) is 50.6 Å². The number of nitro groups is 1. The second-order valence-electron chi connectivity index (χ2n) is 10.4. The lowest BCUT2D eigenvalue weighted by Gasteiger charge is -2.23. The molecule has 1 aromatic heterocycles. The lowest BCUT2D eigenvalue weighted by Crippen LogP contribution is -2.27. The van der Waals surface area contributed by atoms with E-state index in [9.17, 15) is 19.7 Å². The molecule has 4 aromatic carbocycles. The number of hydrazone groups is 1. The van der Waals surface area contributed by atoms with Gasteiger partial charge in [-0.3, -0.25) is 19.7 Å². The minimum Gasteiger partial charge on any atom is -0.493 e. The number of methoxy groups -OCH3 is 3. The number of rotatable bonds is 8. The molecule has 1 atom stereocenters. The van der Waals surface area contributed by atoms with Gasteiger partial charge in [0.25, 0.3) is 17.2 Å². The molecule has 11 nitrogen and oxygen atoms in total. The molecule has 1 aliphatic rings. The molecule has 12 heteroatoms. The van der Waals surface area contributed by atoms with Crippen LogP contribution in [0.2, 0.25) is 0 Å². The molecule has 1 amide bonds. The van der Waals surface area contributed by atoms with Crippen molar-refractivity contribution in [3.63, 3.8) is 0 Å². The number of hydrogen-bond donors (Lipinski definition) is 1. The Labute approximate surface area is 271 Å². The van der Waals surface area contributed by atoms with Gasteiger partial charge in [-0.05, 0) is 41.5 Å². The maximum absolute atomic E-state index is 14.3. The van der Waals surface area contributed by atoms with E-state index >= 15 is 0 Å². The van der Waals surface area contributed by atoms with Crippen LogP contribution in [-0.4, -0.2) is 47.9 Å². The molecular weight excluding hydrogens is 656 g/mol. The first kappa shape index (κ1) is 30.5. The molecule has 0 spiro atoms. The highest BCUT2D eigenvalue weighted by molar-refractivity contribution is 9.10. The van der Waals surface area contributed by atoms with Gasteiger partial charge in [-0.2, -0.15) is 5.10 Å². The molecule has 1 aliphatic heterocycles. The van der Waals surface area contributed by atoms with Crippen LogP contribution in [0.3, 0.4) is 0 Å². The third-order valence-corrected chi connectivity index (χ3v) is 8.32. The van der Waals surface area contributed by atoms with Crippen LogP contribution in [0.5, 0.6) is 17.2 Å². The predicted octanol–water partition coefficient (Wildman–Crippen LogP) is 6.88. The smallest absolute Gasteiger partial charge is 0.274 e. The monoisotopic (exact) mass is 682 g/mol. The summed E-state index contributed by atoms with van der Waals surface area (Å²) < 4.78 is 17.2. The van der Waals surface area contributed by atoms with Gasteiger partial charge in [0.05, 0.1) is 43.6 Å². The van der Waals surface area contributed by atoms with Crippen LogP contribution in [0.15, 0.2) is 99.3 Å². The number of benzene rings is 4. The predicted molar refractivity (Wildman–Crippen MR) is 177 cm³/mol. The molecule has 0 aliphatic carbocycles. The number of aromatic nitrogens is 1. The lowest BCUT2D eigenvalue weighted by atomic mass is 9.91. The fraction of sp³-hybridized carbons (Fsp3) is 0.147. The fourth-order valence-electron chi connectivity index (χ4n) is 5.74. The van der Waals surface area contributed by atoms with Crippen molar-refractivity contribution in [2.75, 3.05) is 21.3 Å². The summed E-state index contributed by atoms with van der Waals surface area (Å²) in [5.41, 5.74) is 2.86. The Kier molecular flexibility index (Phi) is 8.29. The zero-order chi connectivity index (χ0) is 32.5. The maximum Gasteiger partial charge on any atom is 0.274 e. The summed E-state index contributed by atoms with van der Waals surface area (Å²) in [6.45, 7) is 0. The summed E-state index contributed by atoms with van der Waals surface area (Å²) in [6.07, 6.45) is 0.111. The zero-order valence-electron chi connectivity index (χ0n) is 24.9. The van der Waals surface area contributed by atoms with Gasteiger partial charge in [-0.25, -0.2) is 5.01 Å². The van der Waals surface area contributed by atoms with Crippen LogP contribution >= 0.6 is 15.9 Å². The van der Waals surface area contributed by atoms with Crippen molar-refractivity contribution in [1.82, 2.24) is 9.99 Å². The third kappa shape index (κ3) is 5.47. The number of amides is 1. The Morgan fingerprint density at radius 3 is 2.30 bits per heavy atom. The summed E-state index contributed by atoms with van der Waals surface area (Å²) in [4.78, 5) is 42.4. The summed E-state index contributed by atoms with van der Waals surface area (Å²) >= 11 is 3.55. The van der Waals surface area contributed by atoms with Crippen LogP contribution in [0.25, 0.3) is 22.0 Å². The van der Waals surface area contributed by atoms with Gasteiger partial charge in [0.15, 0.2) is 11.5 Å². The minimum absolute atomic E-state index is 0.111. The molecule has 232 valence electrons. The minimum atomic E-state index is -0.775. The number of ether oxygens (including phenoxy) is 3. The molecule has 0 saturated heterocycles. The second kappa shape index (κ2) is 12.5. The van der Waals surface area contributed by atoms with E-state index in [1.807, 2.05) is 48.5 Å². The molecule has 0 unspecified atom stereocenters. The average molecular weight is 684 g/mol. The number of carbonyl (C=O) groups is 1. The quantitative estimate of drug-likeness (QED) is 0.139. The number of halogens is 1. The van der Waals surface area contributed by atoms with E-state index in [4.69, 9.17) is 19.3 Å². The SMILES string of the molecule is COc1cc(C(=O)N2N=C(c3c(-c4ccccc4)c4cc(Br)ccc4[nH]c3=O)C[C@@H]2c2cccc([N+](=O)[O-])c2)cc(OC)c1OC. The fourth-order valence-corrected chi connectivity index (χ4v) is 6.10. The number of H-pyrrole nitrogens is 1. The normalized spacial score (nSPS) is 14.2. The molecule has 0 fully saturated rings. The van der Waals surface area contributed by atoms with E-state index in [2.05, 4.69) is 20.9 Å². The zero-order valence-corrected chi connectivity index (χ0v) is 26.5. The van der Waals surface area contributed by atoms with Crippen LogP contribution in [0.1, 0.15) is 33.9 Å². The molecule has 46 heavy (non-hydrogen) atoms. The highest BCUT2D eigenvalue weighted by atomic mass is 79.9. The van der Waals surface area contributed by atoms with Crippen LogP contribution in [-0.2, 0) is 0 Å². The third-order valence-electron chi connectivity index (χ3n) is 7.82. The van der Waals surface area contributed by atoms with Crippen LogP contribution in [0.4, 0.5) is 5.69 Å². The van der Waals surface area contributed by atoms with E-state index in [1.54, 1.807) is 12.1 Å². The van der Waals surface area contributed by atoms with Crippen molar-refractivity contribution in [3.05, 3.63) is 127 Å². The standard InChI is InChI=1S/C34H27BrN4O7/c1-44-28-15-21(16-29(45-2)32(28)46-3)34(41)38-27(20-10-7-11-23(14-20)39(42)43)18-26(37-38)31-30(19-8-5-4-6-9-19)24-17-22(35)12-13-25(24)36-33(31)40/h4-17,27H,18H2,1-3H3,(H,36,40)/t27-/m1/s1. The van der Waals surface area contributed by atoms with Gasteiger partial charge in [0.1, 0.15) is 0 Å². The lowest BCUT2D eigenvalue weighted by molar-refractivity contribution is -0.384. The number of non-ortho nitro benzene ring substituents is 1. The Hall–Kier alpha value is -5.49. The van der Waals surface area contributed by atoms with Crippen LogP contribution in [0, 0.1) is 10.1 Å². The summed E-state index contributed by atoms with van der Waals surface area (Å²) in [7, 11) is 4.35. The number of pyridine rings is 1. The van der Waals surface area contributed by atoms with E-state index < -0.39 is 16.9 Å². The number of hydrogen-bond acceptors (Lipinski definition) is 8. The van der Waals surface area contributed by atoms with Gasteiger partial charge in [0, 0.05) is 45.1 Å². The Morgan fingerprint density at radius 1 is 0.935 bits per heavy atom. The number of aromatic amines is 1. The largest absolute Gasteiger partial charge is 0.493 e. The summed E-state index contributed by atoms with van der Waals surface area (Å²) in [6, 6.07) is 23.3. The summed E-state index contributed by atoms with van der Waals surface area (Å²) in [5.74, 6) is 0.308. The number of nitro benzene ring substituents is 1. The van der Waals surface area contributed by atoms with Gasteiger partial charge in [0.2, 0.25) is 5.75 Å². The molecule has 0 radical (unpaired) electrons. The van der Waals surface area contributed by atoms with E-state index in [-0.39, 0.29) is 34.7 Å². The van der Waals surface area contributed by atoms with Crippen molar-refractivity contribution >= 4 is 44.1 Å². The van der Waals surface area contributed by atoms with Gasteiger partial charge >= 0.3 is 0 Å². The molecule has 1 N–H and O–H groups in total. The van der Waals surface area contributed by atoms with E-state index in [0.29, 0.717) is 33.7 Å². The first-order valence-corrected chi connectivity index (χ1v) is 14.9. The molecular formula is C34H27BrN4O7. The first-order chi connectivity index (χ1) is 22.2. The van der Waals surface area contributed by atoms with Gasteiger partial charge in [-0.1, -0.05) is 58.4 Å². The molecule has 5 aromatic rings. The molecule has 0 saturated carbocycles. The molecule has 6 rings (SSSR count). The van der Waals surface area contributed by atoms with Gasteiger partial charge in [-0.15, -0.1) is 0 Å². The molecule has 0 bridgehead atoms. The average Bonchev–Trinajstić information content (AvgIpc) is 3.52. The number of carbonyl (C=O) groups excluding carboxylic acids is 1. The Bertz CT molecular complexity index is 2070. The van der Waals surface area contributed by atoms with Crippen molar-refractivity contribution in [3.8, 4) is 28.4 Å². The van der Waals surface area contributed by atoms with Crippen molar-refractivity contribution in [1.29, 1.82) is 0 Å². The number of fused-ring (bicyclic) bond motifs is 1. The topological polar surface area (TPSA) is 136 Å². The number of nitrogens with zero attached hydrogens (tertiary/aromatic N) is 3. The Balaban J connectivity index is 1.58. The highest BCUT2D eigenvalue weighted by Crippen LogP contribution is 2.42. The highest BCUT2D eigenvalue weighted by Gasteiger charge is 2.37. The van der Waals surface area contributed by atoms with Gasteiger partial charge < -0.3 is 19.2 Å². The second-order valence-corrected chi connectivity index (χ2v) is 11.4. The first-order valence-electron chi connectivity index (χ1n) is 14.1. The van der Waals surface area contributed by atoms with Crippen molar-refractivity contribution < 1.29 is 23.9 Å². The number of nitrogens with one attached hydrogen (secondary N) is 1. The maximum atomic E-state index is 14.3.